The van der Waals surface area contributed by atoms with E-state index < -0.39 is 0 Å². The molecule has 0 aliphatic heterocycles. The van der Waals surface area contributed by atoms with Crippen LogP contribution in [0, 0.1) is 0 Å². The number of carbonyl (C=O) groups excluding carboxylic acids is 1. The lowest BCUT2D eigenvalue weighted by Crippen LogP contribution is -2.44. The van der Waals surface area contributed by atoms with Crippen molar-refractivity contribution in [2.75, 3.05) is 19.8 Å². The number of nitrogens with zero attached hydrogens (tertiary/aromatic N) is 2. The van der Waals surface area contributed by atoms with Crippen molar-refractivity contribution < 1.29 is 14.7 Å². The SMILES string of the molecule is CCOCC(=O)N(CC(N)=NO)C(C)C. The molecule has 0 unspecified atom stereocenters. The highest BCUT2D eigenvalue weighted by atomic mass is 16.5. The molecule has 0 fully saturated rings. The number of carbonyl (C=O) groups is 1. The van der Waals surface area contributed by atoms with Gasteiger partial charge in [0.25, 0.3) is 0 Å². The van der Waals surface area contributed by atoms with Gasteiger partial charge in [-0.1, -0.05) is 5.16 Å². The second kappa shape index (κ2) is 7.05. The predicted octanol–water partition coefficient (Wildman–Crippen LogP) is 0.00630. The monoisotopic (exact) mass is 217 g/mol. The summed E-state index contributed by atoms with van der Waals surface area (Å²) in [4.78, 5) is 13.1. The van der Waals surface area contributed by atoms with Crippen LogP contribution in [-0.2, 0) is 9.53 Å². The van der Waals surface area contributed by atoms with Crippen LogP contribution in [0.4, 0.5) is 0 Å². The predicted molar refractivity (Wildman–Crippen MR) is 56.8 cm³/mol. The Morgan fingerprint density at radius 2 is 2.20 bits per heavy atom. The van der Waals surface area contributed by atoms with Crippen LogP contribution in [0.25, 0.3) is 0 Å². The maximum atomic E-state index is 11.6. The molecule has 88 valence electrons. The van der Waals surface area contributed by atoms with Crippen LogP contribution in [0.3, 0.4) is 0 Å². The van der Waals surface area contributed by atoms with Crippen molar-refractivity contribution in [2.45, 2.75) is 26.8 Å². The van der Waals surface area contributed by atoms with Gasteiger partial charge in [-0.3, -0.25) is 4.79 Å². The maximum absolute atomic E-state index is 11.6. The Kier molecular flexibility index (Phi) is 6.44. The number of hydrogen-bond acceptors (Lipinski definition) is 4. The minimum Gasteiger partial charge on any atom is -0.409 e. The number of oxime groups is 1. The van der Waals surface area contributed by atoms with Gasteiger partial charge in [0.15, 0.2) is 5.84 Å². The average molecular weight is 217 g/mol. The average Bonchev–Trinajstić information content (AvgIpc) is 2.21. The van der Waals surface area contributed by atoms with Gasteiger partial charge in [-0.2, -0.15) is 0 Å². The summed E-state index contributed by atoms with van der Waals surface area (Å²) in [5, 5.41) is 11.3. The molecule has 0 aromatic rings. The molecule has 0 aliphatic carbocycles. The molecule has 3 N–H and O–H groups in total. The zero-order chi connectivity index (χ0) is 11.8. The highest BCUT2D eigenvalue weighted by Gasteiger charge is 2.17. The van der Waals surface area contributed by atoms with Gasteiger partial charge in [0.05, 0.1) is 6.54 Å². The number of ether oxygens (including phenoxy) is 1. The van der Waals surface area contributed by atoms with E-state index in [-0.39, 0.29) is 30.9 Å². The van der Waals surface area contributed by atoms with Gasteiger partial charge in [-0.25, -0.2) is 0 Å². The molecule has 0 aromatic carbocycles. The molecule has 1 amide bonds. The van der Waals surface area contributed by atoms with Crippen molar-refractivity contribution in [2.24, 2.45) is 10.9 Å². The fraction of sp³-hybridized carbons (Fsp3) is 0.778. The second-order valence-corrected chi connectivity index (χ2v) is 3.34. The normalized spacial score (nSPS) is 11.9. The highest BCUT2D eigenvalue weighted by Crippen LogP contribution is 1.99. The highest BCUT2D eigenvalue weighted by molar-refractivity contribution is 5.87. The molecule has 0 atom stereocenters. The summed E-state index contributed by atoms with van der Waals surface area (Å²) in [6.07, 6.45) is 0. The van der Waals surface area contributed by atoms with Crippen LogP contribution in [0.2, 0.25) is 0 Å². The molecule has 0 rings (SSSR count). The number of rotatable bonds is 6. The van der Waals surface area contributed by atoms with E-state index in [1.807, 2.05) is 20.8 Å². The molecule has 0 spiro atoms. The van der Waals surface area contributed by atoms with Crippen LogP contribution in [-0.4, -0.2) is 47.7 Å². The molecular weight excluding hydrogens is 198 g/mol. The van der Waals surface area contributed by atoms with E-state index >= 15 is 0 Å². The Morgan fingerprint density at radius 1 is 1.60 bits per heavy atom. The van der Waals surface area contributed by atoms with E-state index in [1.54, 1.807) is 0 Å². The quantitative estimate of drug-likeness (QED) is 0.284. The summed E-state index contributed by atoms with van der Waals surface area (Å²) in [5.74, 6) is -0.160. The minimum atomic E-state index is -0.168. The Morgan fingerprint density at radius 3 is 2.60 bits per heavy atom. The zero-order valence-corrected chi connectivity index (χ0v) is 9.43. The molecule has 6 heteroatoms. The number of amidine groups is 1. The lowest BCUT2D eigenvalue weighted by molar-refractivity contribution is -0.136. The van der Waals surface area contributed by atoms with Crippen LogP contribution in [0.15, 0.2) is 5.16 Å². The lowest BCUT2D eigenvalue weighted by Gasteiger charge is -2.25. The van der Waals surface area contributed by atoms with Crippen molar-refractivity contribution in [3.8, 4) is 0 Å². The van der Waals surface area contributed by atoms with Crippen molar-refractivity contribution in [3.63, 3.8) is 0 Å². The topological polar surface area (TPSA) is 88.2 Å². The van der Waals surface area contributed by atoms with Gasteiger partial charge in [0, 0.05) is 12.6 Å². The van der Waals surface area contributed by atoms with E-state index in [9.17, 15) is 4.79 Å². The molecule has 0 radical (unpaired) electrons. The summed E-state index contributed by atoms with van der Waals surface area (Å²) < 4.78 is 5.01. The van der Waals surface area contributed by atoms with E-state index in [4.69, 9.17) is 15.7 Å². The molecule has 0 bridgehead atoms. The minimum absolute atomic E-state index is 0.00792. The zero-order valence-electron chi connectivity index (χ0n) is 9.43. The first-order chi connectivity index (χ1) is 7.02. The summed E-state index contributed by atoms with van der Waals surface area (Å²) in [7, 11) is 0. The summed E-state index contributed by atoms with van der Waals surface area (Å²) >= 11 is 0. The molecule has 0 saturated carbocycles. The molecule has 15 heavy (non-hydrogen) atoms. The van der Waals surface area contributed by atoms with E-state index in [0.29, 0.717) is 6.61 Å². The number of hydrogen-bond donors (Lipinski definition) is 2. The maximum Gasteiger partial charge on any atom is 0.249 e. The van der Waals surface area contributed by atoms with Crippen LogP contribution in [0.1, 0.15) is 20.8 Å². The molecule has 0 heterocycles. The first kappa shape index (κ1) is 13.7. The molecule has 0 saturated heterocycles. The lowest BCUT2D eigenvalue weighted by atomic mass is 10.3. The van der Waals surface area contributed by atoms with Gasteiger partial charge in [0.1, 0.15) is 6.61 Å². The third kappa shape index (κ3) is 5.21. The van der Waals surface area contributed by atoms with Gasteiger partial charge in [-0.15, -0.1) is 0 Å². The van der Waals surface area contributed by atoms with E-state index in [2.05, 4.69) is 5.16 Å². The Bertz CT molecular complexity index is 229. The first-order valence-corrected chi connectivity index (χ1v) is 4.86. The third-order valence-corrected chi connectivity index (χ3v) is 1.83. The molecule has 6 nitrogen and oxygen atoms in total. The van der Waals surface area contributed by atoms with Crippen molar-refractivity contribution in [3.05, 3.63) is 0 Å². The van der Waals surface area contributed by atoms with Gasteiger partial charge in [-0.05, 0) is 20.8 Å². The molecule has 0 aromatic heterocycles. The smallest absolute Gasteiger partial charge is 0.249 e. The van der Waals surface area contributed by atoms with Crippen LogP contribution in [0.5, 0.6) is 0 Å². The third-order valence-electron chi connectivity index (χ3n) is 1.83. The van der Waals surface area contributed by atoms with E-state index in [0.717, 1.165) is 0 Å². The largest absolute Gasteiger partial charge is 0.409 e. The second-order valence-electron chi connectivity index (χ2n) is 3.34. The Hall–Kier alpha value is -1.30. The van der Waals surface area contributed by atoms with Crippen LogP contribution >= 0.6 is 0 Å². The fourth-order valence-corrected chi connectivity index (χ4v) is 1.04. The van der Waals surface area contributed by atoms with Crippen molar-refractivity contribution in [1.82, 2.24) is 4.90 Å². The van der Waals surface area contributed by atoms with Crippen LogP contribution < -0.4 is 5.73 Å². The fourth-order valence-electron chi connectivity index (χ4n) is 1.04. The van der Waals surface area contributed by atoms with Crippen molar-refractivity contribution in [1.29, 1.82) is 0 Å². The van der Waals surface area contributed by atoms with Gasteiger partial charge >= 0.3 is 0 Å². The summed E-state index contributed by atoms with van der Waals surface area (Å²) in [6, 6.07) is -0.0155. The summed E-state index contributed by atoms with van der Waals surface area (Å²) in [5.41, 5.74) is 5.34. The van der Waals surface area contributed by atoms with Gasteiger partial charge in [0.2, 0.25) is 5.91 Å². The Labute approximate surface area is 89.7 Å². The van der Waals surface area contributed by atoms with E-state index in [1.165, 1.54) is 4.90 Å². The van der Waals surface area contributed by atoms with Crippen molar-refractivity contribution >= 4 is 11.7 Å². The Balaban J connectivity index is 4.32. The molecule has 0 aliphatic rings. The number of nitrogens with two attached hydrogens (primary N) is 1. The van der Waals surface area contributed by atoms with Gasteiger partial charge < -0.3 is 20.6 Å². The summed E-state index contributed by atoms with van der Waals surface area (Å²) in [6.45, 7) is 6.15. The molecular formula is C9H19N3O3. The number of amides is 1. The standard InChI is InChI=1S/C9H19N3O3/c1-4-15-6-9(13)12(7(2)3)5-8(10)11-14/h7,14H,4-6H2,1-3H3,(H2,10,11). The first-order valence-electron chi connectivity index (χ1n) is 4.86.